The minimum Gasteiger partial charge on any atom is -0.486 e. The van der Waals surface area contributed by atoms with E-state index in [4.69, 9.17) is 14.6 Å². The van der Waals surface area contributed by atoms with Gasteiger partial charge in [-0.15, -0.1) is 0 Å². The molecule has 0 fully saturated rings. The molecule has 0 saturated carbocycles. The first kappa shape index (κ1) is 18.2. The second-order valence-electron chi connectivity index (χ2n) is 4.61. The van der Waals surface area contributed by atoms with E-state index in [0.717, 1.165) is 0 Å². The van der Waals surface area contributed by atoms with Crippen molar-refractivity contribution >= 4 is 23.7 Å². The number of aromatic nitrogens is 2. The number of ether oxygens (including phenoxy) is 2. The highest BCUT2D eigenvalue weighted by molar-refractivity contribution is 7.98. The van der Waals surface area contributed by atoms with E-state index in [2.05, 4.69) is 15.3 Å². The summed E-state index contributed by atoms with van der Waals surface area (Å²) in [5, 5.41) is 12.3. The molecule has 0 radical (unpaired) electrons. The molecule has 9 heteroatoms. The average Bonchev–Trinajstić information content (AvgIpc) is 2.50. The van der Waals surface area contributed by atoms with E-state index in [1.165, 1.54) is 24.2 Å². The Morgan fingerprint density at radius 3 is 2.50 bits per heavy atom. The van der Waals surface area contributed by atoms with Crippen molar-refractivity contribution in [2.24, 2.45) is 0 Å². The zero-order valence-electron chi connectivity index (χ0n) is 12.6. The van der Waals surface area contributed by atoms with Crippen molar-refractivity contribution in [2.75, 3.05) is 19.4 Å². The molecular weight excluding hydrogens is 310 g/mol. The fourth-order valence-corrected chi connectivity index (χ4v) is 1.69. The van der Waals surface area contributed by atoms with Gasteiger partial charge in [0.15, 0.2) is 10.9 Å². The number of thioether (sulfide) groups is 1. The van der Waals surface area contributed by atoms with Crippen LogP contribution in [0.5, 0.6) is 5.75 Å². The molecular formula is C13H19N3O5S. The molecule has 22 heavy (non-hydrogen) atoms. The predicted octanol–water partition coefficient (Wildman–Crippen LogP) is 0.572. The van der Waals surface area contributed by atoms with E-state index in [9.17, 15) is 9.59 Å². The summed E-state index contributed by atoms with van der Waals surface area (Å²) in [6, 6.07) is 0.162. The molecule has 0 amide bonds. The third kappa shape index (κ3) is 6.72. The van der Waals surface area contributed by atoms with Crippen molar-refractivity contribution in [3.05, 3.63) is 12.4 Å². The first-order chi connectivity index (χ1) is 10.4. The maximum Gasteiger partial charge on any atom is 0.417 e. The molecule has 0 aliphatic rings. The molecule has 0 spiro atoms. The molecule has 1 aromatic rings. The summed E-state index contributed by atoms with van der Waals surface area (Å²) >= 11 is 1.40. The zero-order valence-corrected chi connectivity index (χ0v) is 13.4. The smallest absolute Gasteiger partial charge is 0.417 e. The highest BCUT2D eigenvalue weighted by atomic mass is 32.2. The summed E-state index contributed by atoms with van der Waals surface area (Å²) in [4.78, 5) is 29.8. The Hall–Kier alpha value is -1.87. The third-order valence-corrected chi connectivity index (χ3v) is 3.00. The van der Waals surface area contributed by atoms with Crippen LogP contribution in [0.25, 0.3) is 0 Å². The summed E-state index contributed by atoms with van der Waals surface area (Å²) in [6.45, 7) is 4.12. The van der Waals surface area contributed by atoms with Crippen molar-refractivity contribution < 1.29 is 24.2 Å². The number of hydrogen-bond acceptors (Lipinski definition) is 8. The Labute approximate surface area is 132 Å². The lowest BCUT2D eigenvalue weighted by molar-refractivity contribution is -0.168. The normalized spacial score (nSPS) is 12.0. The minimum atomic E-state index is -1.64. The van der Waals surface area contributed by atoms with Crippen LogP contribution in [0.4, 0.5) is 0 Å². The Balaban J connectivity index is 2.57. The van der Waals surface area contributed by atoms with E-state index in [-0.39, 0.29) is 19.2 Å². The average molecular weight is 329 g/mol. The molecule has 0 aliphatic carbocycles. The number of nitrogens with one attached hydrogen (secondary N) is 1. The lowest BCUT2D eigenvalue weighted by Crippen LogP contribution is -2.39. The maximum atomic E-state index is 11.2. The number of nitrogens with zero attached hydrogens (tertiary/aromatic N) is 2. The molecule has 8 nitrogen and oxygen atoms in total. The van der Waals surface area contributed by atoms with E-state index in [0.29, 0.717) is 10.9 Å². The van der Waals surface area contributed by atoms with Gasteiger partial charge in [-0.05, 0) is 6.26 Å². The molecule has 0 aliphatic heterocycles. The second-order valence-corrected chi connectivity index (χ2v) is 5.39. The van der Waals surface area contributed by atoms with Crippen LogP contribution in [0.3, 0.4) is 0 Å². The van der Waals surface area contributed by atoms with Crippen molar-refractivity contribution in [1.82, 2.24) is 15.3 Å². The van der Waals surface area contributed by atoms with Gasteiger partial charge in [0.1, 0.15) is 12.7 Å². The van der Waals surface area contributed by atoms with Crippen molar-refractivity contribution in [3.8, 4) is 5.75 Å². The topological polar surface area (TPSA) is 111 Å². The largest absolute Gasteiger partial charge is 0.486 e. The highest BCUT2D eigenvalue weighted by Gasteiger charge is 2.21. The Kier molecular flexibility index (Phi) is 7.61. The molecule has 0 bridgehead atoms. The van der Waals surface area contributed by atoms with Crippen molar-refractivity contribution in [3.63, 3.8) is 0 Å². The Bertz CT molecular complexity index is 495. The molecule has 1 unspecified atom stereocenters. The van der Waals surface area contributed by atoms with Crippen LogP contribution in [0.2, 0.25) is 0 Å². The van der Waals surface area contributed by atoms with Crippen LogP contribution >= 0.6 is 11.8 Å². The fourth-order valence-electron chi connectivity index (χ4n) is 1.38. The van der Waals surface area contributed by atoms with Crippen LogP contribution in [-0.4, -0.2) is 58.6 Å². The predicted molar refractivity (Wildman–Crippen MR) is 80.0 cm³/mol. The molecule has 0 saturated heterocycles. The quantitative estimate of drug-likeness (QED) is 0.306. The van der Waals surface area contributed by atoms with E-state index in [1.807, 2.05) is 20.1 Å². The van der Waals surface area contributed by atoms with Gasteiger partial charge in [0, 0.05) is 12.6 Å². The lowest BCUT2D eigenvalue weighted by atomic mass is 10.3. The molecule has 2 N–H and O–H groups in total. The lowest BCUT2D eigenvalue weighted by Gasteiger charge is -2.19. The van der Waals surface area contributed by atoms with Gasteiger partial charge in [-0.25, -0.2) is 19.6 Å². The summed E-state index contributed by atoms with van der Waals surface area (Å²) in [5.41, 5.74) is 0. The standard InChI is InChI=1S/C13H19N3O5S/c1-8(2)14-6-10(21-12(19)11(17)18)7-20-9-4-15-13(22-3)16-5-9/h4-5,8,10,14H,6-7H2,1-3H3,(H,17,18). The number of rotatable bonds is 8. The molecule has 1 atom stereocenters. The van der Waals surface area contributed by atoms with Crippen LogP contribution in [0.15, 0.2) is 17.6 Å². The van der Waals surface area contributed by atoms with E-state index < -0.39 is 18.0 Å². The molecule has 1 rings (SSSR count). The SMILES string of the molecule is CSc1ncc(OCC(CNC(C)C)OC(=O)C(=O)O)cn1. The number of carboxylic acid groups (broad SMARTS) is 1. The number of hydrogen-bond donors (Lipinski definition) is 2. The Morgan fingerprint density at radius 2 is 2.00 bits per heavy atom. The molecule has 0 aromatic carbocycles. The van der Waals surface area contributed by atoms with Gasteiger partial charge in [0.05, 0.1) is 12.4 Å². The van der Waals surface area contributed by atoms with E-state index in [1.54, 1.807) is 0 Å². The van der Waals surface area contributed by atoms with Crippen molar-refractivity contribution in [2.45, 2.75) is 31.1 Å². The monoisotopic (exact) mass is 329 g/mol. The highest BCUT2D eigenvalue weighted by Crippen LogP contribution is 2.12. The number of esters is 1. The van der Waals surface area contributed by atoms with Crippen LogP contribution < -0.4 is 10.1 Å². The van der Waals surface area contributed by atoms with Gasteiger partial charge in [-0.3, -0.25) is 0 Å². The van der Waals surface area contributed by atoms with Crippen LogP contribution in [0.1, 0.15) is 13.8 Å². The minimum absolute atomic E-state index is 0.000709. The maximum absolute atomic E-state index is 11.2. The summed E-state index contributed by atoms with van der Waals surface area (Å²) < 4.78 is 10.3. The van der Waals surface area contributed by atoms with Crippen LogP contribution in [0, 0.1) is 0 Å². The number of aliphatic carboxylic acids is 1. The van der Waals surface area contributed by atoms with Gasteiger partial charge >= 0.3 is 11.9 Å². The van der Waals surface area contributed by atoms with Crippen molar-refractivity contribution in [1.29, 1.82) is 0 Å². The molecule has 1 heterocycles. The first-order valence-corrected chi connectivity index (χ1v) is 7.81. The Morgan fingerprint density at radius 1 is 1.36 bits per heavy atom. The zero-order chi connectivity index (χ0) is 16.5. The third-order valence-electron chi connectivity index (χ3n) is 2.43. The number of carboxylic acids is 1. The van der Waals surface area contributed by atoms with Gasteiger partial charge in [-0.2, -0.15) is 0 Å². The molecule has 1 aromatic heterocycles. The second kappa shape index (κ2) is 9.21. The number of carbonyl (C=O) groups is 2. The summed E-state index contributed by atoms with van der Waals surface area (Å²) in [6.07, 6.45) is 4.14. The molecule has 122 valence electrons. The fraction of sp³-hybridized carbons (Fsp3) is 0.538. The van der Waals surface area contributed by atoms with Gasteiger partial charge in [0.25, 0.3) is 0 Å². The summed E-state index contributed by atoms with van der Waals surface area (Å²) in [7, 11) is 0. The van der Waals surface area contributed by atoms with E-state index >= 15 is 0 Å². The first-order valence-electron chi connectivity index (χ1n) is 6.58. The van der Waals surface area contributed by atoms with Gasteiger partial charge in [-0.1, -0.05) is 25.6 Å². The van der Waals surface area contributed by atoms with Crippen LogP contribution in [-0.2, 0) is 14.3 Å². The summed E-state index contributed by atoms with van der Waals surface area (Å²) in [5.74, 6) is -2.53. The van der Waals surface area contributed by atoms with Gasteiger partial charge in [0.2, 0.25) is 0 Å². The number of carbonyl (C=O) groups excluding carboxylic acids is 1. The van der Waals surface area contributed by atoms with Gasteiger partial charge < -0.3 is 19.9 Å².